The van der Waals surface area contributed by atoms with E-state index in [0.29, 0.717) is 17.5 Å². The quantitative estimate of drug-likeness (QED) is 0.802. The maximum absolute atomic E-state index is 12.3. The van der Waals surface area contributed by atoms with Crippen LogP contribution in [0.15, 0.2) is 28.7 Å². The fourth-order valence-corrected chi connectivity index (χ4v) is 3.75. The molecule has 2 heterocycles. The summed E-state index contributed by atoms with van der Waals surface area (Å²) in [6.45, 7) is 0.924. The van der Waals surface area contributed by atoms with Gasteiger partial charge in [0.2, 0.25) is 10.0 Å². The van der Waals surface area contributed by atoms with Gasteiger partial charge in [0.1, 0.15) is 5.01 Å². The molecule has 1 fully saturated rings. The van der Waals surface area contributed by atoms with E-state index in [9.17, 15) is 8.42 Å². The number of nitrogens with zero attached hydrogens (tertiary/aromatic N) is 2. The van der Waals surface area contributed by atoms with E-state index < -0.39 is 10.0 Å². The molecule has 1 aliphatic rings. The van der Waals surface area contributed by atoms with Crippen molar-refractivity contribution in [2.24, 2.45) is 7.05 Å². The number of sulfonamides is 1. The standard InChI is InChI=1S/C13H18N4O2S2/c1-17-9-12(6-11(17)7-15-10-2-3-10)21(18,19)16-8-13-14-4-5-20-13/h4-6,9-10,15-16H,2-3,7-8H2,1H3. The highest BCUT2D eigenvalue weighted by atomic mass is 32.2. The third-order valence-corrected chi connectivity index (χ3v) is 5.59. The first-order valence-electron chi connectivity index (χ1n) is 6.81. The van der Waals surface area contributed by atoms with E-state index in [4.69, 9.17) is 0 Å². The van der Waals surface area contributed by atoms with Gasteiger partial charge in [0.25, 0.3) is 0 Å². The Morgan fingerprint density at radius 1 is 1.43 bits per heavy atom. The summed E-state index contributed by atoms with van der Waals surface area (Å²) in [6.07, 6.45) is 5.74. The van der Waals surface area contributed by atoms with Crippen molar-refractivity contribution in [2.45, 2.75) is 36.9 Å². The molecule has 21 heavy (non-hydrogen) atoms. The fourth-order valence-electron chi connectivity index (χ4n) is 2.02. The molecule has 0 saturated heterocycles. The Balaban J connectivity index is 1.67. The van der Waals surface area contributed by atoms with E-state index in [1.54, 1.807) is 18.5 Å². The summed E-state index contributed by atoms with van der Waals surface area (Å²) >= 11 is 1.43. The number of thiazole rings is 1. The maximum atomic E-state index is 12.3. The van der Waals surface area contributed by atoms with Crippen LogP contribution in [0.3, 0.4) is 0 Å². The second-order valence-corrected chi connectivity index (χ2v) is 7.93. The molecular weight excluding hydrogens is 308 g/mol. The molecule has 1 saturated carbocycles. The molecule has 0 aliphatic heterocycles. The molecular formula is C13H18N4O2S2. The lowest BCUT2D eigenvalue weighted by Crippen LogP contribution is -2.22. The van der Waals surface area contributed by atoms with E-state index >= 15 is 0 Å². The predicted molar refractivity (Wildman–Crippen MR) is 81.4 cm³/mol. The van der Waals surface area contributed by atoms with Crippen LogP contribution in [0.5, 0.6) is 0 Å². The molecule has 0 unspecified atom stereocenters. The Labute approximate surface area is 128 Å². The van der Waals surface area contributed by atoms with Crippen molar-refractivity contribution in [3.63, 3.8) is 0 Å². The summed E-state index contributed by atoms with van der Waals surface area (Å²) < 4.78 is 29.0. The zero-order valence-electron chi connectivity index (χ0n) is 11.7. The van der Waals surface area contributed by atoms with E-state index in [-0.39, 0.29) is 6.54 Å². The second-order valence-electron chi connectivity index (χ2n) is 5.18. The minimum atomic E-state index is -3.49. The number of rotatable bonds is 7. The molecule has 2 N–H and O–H groups in total. The van der Waals surface area contributed by atoms with Crippen LogP contribution in [0.4, 0.5) is 0 Å². The average Bonchev–Trinajstić information content (AvgIpc) is 2.98. The van der Waals surface area contributed by atoms with Gasteiger partial charge in [-0.2, -0.15) is 0 Å². The lowest BCUT2D eigenvalue weighted by molar-refractivity contribution is 0.581. The first-order valence-corrected chi connectivity index (χ1v) is 9.17. The number of hydrogen-bond acceptors (Lipinski definition) is 5. The van der Waals surface area contributed by atoms with Gasteiger partial charge in [-0.3, -0.25) is 0 Å². The number of aromatic nitrogens is 2. The van der Waals surface area contributed by atoms with Crippen molar-refractivity contribution in [3.8, 4) is 0 Å². The van der Waals surface area contributed by atoms with Crippen molar-refractivity contribution >= 4 is 21.4 Å². The minimum absolute atomic E-state index is 0.227. The Hall–Kier alpha value is -1.22. The lowest BCUT2D eigenvalue weighted by Gasteiger charge is -2.03. The summed E-state index contributed by atoms with van der Waals surface area (Å²) in [6, 6.07) is 2.32. The normalized spacial score (nSPS) is 15.5. The summed E-state index contributed by atoms with van der Waals surface area (Å²) in [5.41, 5.74) is 0.969. The van der Waals surface area contributed by atoms with Gasteiger partial charge in [-0.15, -0.1) is 11.3 Å². The second kappa shape index (κ2) is 5.88. The minimum Gasteiger partial charge on any atom is -0.352 e. The third kappa shape index (κ3) is 3.70. The zero-order valence-corrected chi connectivity index (χ0v) is 13.4. The molecule has 2 aromatic rings. The Kier molecular flexibility index (Phi) is 4.12. The summed E-state index contributed by atoms with van der Waals surface area (Å²) in [5, 5.41) is 5.97. The van der Waals surface area contributed by atoms with E-state index in [0.717, 1.165) is 10.7 Å². The fraction of sp³-hybridized carbons (Fsp3) is 0.462. The topological polar surface area (TPSA) is 76.0 Å². The molecule has 3 rings (SSSR count). The Morgan fingerprint density at radius 3 is 2.90 bits per heavy atom. The summed E-state index contributed by atoms with van der Waals surface area (Å²) in [7, 11) is -1.63. The first-order chi connectivity index (χ1) is 10.0. The van der Waals surface area contributed by atoms with Gasteiger partial charge in [-0.05, 0) is 18.9 Å². The van der Waals surface area contributed by atoms with Crippen molar-refractivity contribution < 1.29 is 8.42 Å². The average molecular weight is 326 g/mol. The molecule has 1 aliphatic carbocycles. The highest BCUT2D eigenvalue weighted by Gasteiger charge is 2.22. The molecule has 0 radical (unpaired) electrons. The van der Waals surface area contributed by atoms with E-state index in [1.165, 1.54) is 24.2 Å². The molecule has 0 bridgehead atoms. The van der Waals surface area contributed by atoms with Gasteiger partial charge < -0.3 is 9.88 Å². The molecule has 0 aromatic carbocycles. The van der Waals surface area contributed by atoms with Gasteiger partial charge in [0, 0.05) is 43.1 Å². The maximum Gasteiger partial charge on any atom is 0.242 e. The van der Waals surface area contributed by atoms with E-state index in [2.05, 4.69) is 15.0 Å². The Morgan fingerprint density at radius 2 is 2.24 bits per heavy atom. The van der Waals surface area contributed by atoms with Crippen LogP contribution in [0, 0.1) is 0 Å². The predicted octanol–water partition coefficient (Wildman–Crippen LogP) is 1.21. The van der Waals surface area contributed by atoms with Crippen LogP contribution in [0.1, 0.15) is 23.5 Å². The van der Waals surface area contributed by atoms with E-state index in [1.807, 2.05) is 17.0 Å². The van der Waals surface area contributed by atoms with Crippen LogP contribution in [-0.4, -0.2) is 24.0 Å². The molecule has 0 amide bonds. The monoisotopic (exact) mass is 326 g/mol. The van der Waals surface area contributed by atoms with Crippen LogP contribution >= 0.6 is 11.3 Å². The molecule has 2 aromatic heterocycles. The van der Waals surface area contributed by atoms with Crippen molar-refractivity contribution in [1.82, 2.24) is 19.6 Å². The Bertz CT molecular complexity index is 703. The van der Waals surface area contributed by atoms with Crippen LogP contribution in [0.25, 0.3) is 0 Å². The molecule has 114 valence electrons. The highest BCUT2D eigenvalue weighted by Crippen LogP contribution is 2.20. The summed E-state index contributed by atoms with van der Waals surface area (Å²) in [4.78, 5) is 4.37. The number of nitrogens with one attached hydrogen (secondary N) is 2. The zero-order chi connectivity index (χ0) is 14.9. The van der Waals surface area contributed by atoms with Gasteiger partial charge >= 0.3 is 0 Å². The van der Waals surface area contributed by atoms with Gasteiger partial charge in [0.05, 0.1) is 11.4 Å². The van der Waals surface area contributed by atoms with Crippen LogP contribution in [-0.2, 0) is 30.2 Å². The third-order valence-electron chi connectivity index (χ3n) is 3.44. The lowest BCUT2D eigenvalue weighted by atomic mass is 10.4. The van der Waals surface area contributed by atoms with Crippen molar-refractivity contribution in [3.05, 3.63) is 34.5 Å². The van der Waals surface area contributed by atoms with Crippen molar-refractivity contribution in [1.29, 1.82) is 0 Å². The highest BCUT2D eigenvalue weighted by molar-refractivity contribution is 7.89. The SMILES string of the molecule is Cn1cc(S(=O)(=O)NCc2nccs2)cc1CNC1CC1. The van der Waals surface area contributed by atoms with Gasteiger partial charge in [-0.25, -0.2) is 18.1 Å². The van der Waals surface area contributed by atoms with Crippen LogP contribution < -0.4 is 10.0 Å². The number of aryl methyl sites for hydroxylation is 1. The number of hydrogen-bond donors (Lipinski definition) is 2. The largest absolute Gasteiger partial charge is 0.352 e. The van der Waals surface area contributed by atoms with Crippen molar-refractivity contribution in [2.75, 3.05) is 0 Å². The van der Waals surface area contributed by atoms with Crippen LogP contribution in [0.2, 0.25) is 0 Å². The molecule has 8 heteroatoms. The van der Waals surface area contributed by atoms with Gasteiger partial charge in [0.15, 0.2) is 0 Å². The molecule has 0 spiro atoms. The van der Waals surface area contributed by atoms with Gasteiger partial charge in [-0.1, -0.05) is 0 Å². The molecule has 0 atom stereocenters. The smallest absolute Gasteiger partial charge is 0.242 e. The first kappa shape index (κ1) is 14.7. The summed E-state index contributed by atoms with van der Waals surface area (Å²) in [5.74, 6) is 0. The molecule has 6 nitrogen and oxygen atoms in total.